The Kier molecular flexibility index (Phi) is 4.70. The smallest absolute Gasteiger partial charge is 0.294 e. The predicted molar refractivity (Wildman–Crippen MR) is 71.2 cm³/mol. The van der Waals surface area contributed by atoms with Crippen LogP contribution < -0.4 is 0 Å². The fourth-order valence-corrected chi connectivity index (χ4v) is 2.87. The van der Waals surface area contributed by atoms with E-state index in [4.69, 9.17) is 0 Å². The van der Waals surface area contributed by atoms with Gasteiger partial charge in [0.05, 0.1) is 6.10 Å². The summed E-state index contributed by atoms with van der Waals surface area (Å²) in [5.74, 6) is 0. The number of likely N-dealkylation sites (tertiary alicyclic amines) is 1. The van der Waals surface area contributed by atoms with Gasteiger partial charge in [0.15, 0.2) is 0 Å². The second kappa shape index (κ2) is 6.14. The highest BCUT2D eigenvalue weighted by Crippen LogP contribution is 2.35. The van der Waals surface area contributed by atoms with Crippen LogP contribution in [0.25, 0.3) is 0 Å². The topological polar surface area (TPSA) is 12.5 Å². The minimum atomic E-state index is -4.55. The molecule has 20 heavy (non-hydrogen) atoms. The van der Waals surface area contributed by atoms with E-state index in [0.29, 0.717) is 25.4 Å². The van der Waals surface area contributed by atoms with Crippen molar-refractivity contribution in [1.29, 1.82) is 0 Å². The van der Waals surface area contributed by atoms with Crippen LogP contribution in [0.1, 0.15) is 38.3 Å². The molecule has 1 fully saturated rings. The van der Waals surface area contributed by atoms with Gasteiger partial charge in [-0.2, -0.15) is 0 Å². The first-order chi connectivity index (χ1) is 9.37. The van der Waals surface area contributed by atoms with E-state index in [0.717, 1.165) is 5.56 Å². The number of alkyl halides is 3. The molecule has 0 bridgehead atoms. The molecule has 0 N–H and O–H groups in total. The van der Waals surface area contributed by atoms with Crippen LogP contribution in [0.4, 0.5) is 13.2 Å². The van der Waals surface area contributed by atoms with Crippen molar-refractivity contribution in [3.8, 4) is 0 Å². The molecule has 1 aliphatic heterocycles. The first-order valence-corrected chi connectivity index (χ1v) is 6.92. The van der Waals surface area contributed by atoms with E-state index in [-0.39, 0.29) is 6.04 Å². The average molecular weight is 287 g/mol. The Morgan fingerprint density at radius 1 is 1.20 bits per heavy atom. The standard InChI is InChI=1S/C15H20F3NO/c1-11(2)19-9-8-13(20-15(16,17)18)10-14(19)12-6-4-3-5-7-12/h3-7,11,13-14H,8-10H2,1-2H3/t13-,14-/m0/s1. The van der Waals surface area contributed by atoms with Crippen molar-refractivity contribution >= 4 is 0 Å². The van der Waals surface area contributed by atoms with Crippen molar-refractivity contribution in [3.05, 3.63) is 35.9 Å². The summed E-state index contributed by atoms with van der Waals surface area (Å²) in [7, 11) is 0. The second-order valence-corrected chi connectivity index (χ2v) is 5.47. The summed E-state index contributed by atoms with van der Waals surface area (Å²) >= 11 is 0. The SMILES string of the molecule is CC(C)N1CC[C@H](OC(F)(F)F)C[C@H]1c1ccccc1. The molecule has 0 saturated carbocycles. The van der Waals surface area contributed by atoms with E-state index in [9.17, 15) is 13.2 Å². The lowest BCUT2D eigenvalue weighted by Gasteiger charge is -2.42. The van der Waals surface area contributed by atoms with Crippen molar-refractivity contribution in [1.82, 2.24) is 4.90 Å². The number of hydrogen-bond acceptors (Lipinski definition) is 2. The summed E-state index contributed by atoms with van der Waals surface area (Å²) in [5.41, 5.74) is 1.05. The van der Waals surface area contributed by atoms with Gasteiger partial charge in [-0.1, -0.05) is 30.3 Å². The molecule has 2 rings (SSSR count). The van der Waals surface area contributed by atoms with Crippen LogP contribution in [0, 0.1) is 0 Å². The van der Waals surface area contributed by atoms with E-state index < -0.39 is 12.5 Å². The maximum atomic E-state index is 12.4. The van der Waals surface area contributed by atoms with E-state index >= 15 is 0 Å². The lowest BCUT2D eigenvalue weighted by atomic mass is 9.92. The van der Waals surface area contributed by atoms with Gasteiger partial charge in [-0.15, -0.1) is 13.2 Å². The summed E-state index contributed by atoms with van der Waals surface area (Å²) in [4.78, 5) is 2.24. The molecule has 1 saturated heterocycles. The van der Waals surface area contributed by atoms with Crippen LogP contribution in [-0.4, -0.2) is 30.0 Å². The molecular formula is C15H20F3NO. The molecule has 2 atom stereocenters. The summed E-state index contributed by atoms with van der Waals surface area (Å²) in [6.07, 6.45) is -4.51. The lowest BCUT2D eigenvalue weighted by Crippen LogP contribution is -2.44. The number of hydrogen-bond donors (Lipinski definition) is 0. The average Bonchev–Trinajstić information content (AvgIpc) is 2.37. The predicted octanol–water partition coefficient (Wildman–Crippen LogP) is 4.14. The van der Waals surface area contributed by atoms with Gasteiger partial charge in [-0.05, 0) is 32.3 Å². The van der Waals surface area contributed by atoms with Gasteiger partial charge in [-0.3, -0.25) is 9.64 Å². The van der Waals surface area contributed by atoms with Crippen LogP contribution in [0.5, 0.6) is 0 Å². The largest absolute Gasteiger partial charge is 0.522 e. The summed E-state index contributed by atoms with van der Waals surface area (Å²) in [6, 6.07) is 9.97. The molecule has 1 aromatic rings. The molecule has 5 heteroatoms. The monoisotopic (exact) mass is 287 g/mol. The maximum Gasteiger partial charge on any atom is 0.522 e. The molecule has 0 aliphatic carbocycles. The Morgan fingerprint density at radius 3 is 2.40 bits per heavy atom. The molecule has 1 aliphatic rings. The highest BCUT2D eigenvalue weighted by atomic mass is 19.4. The van der Waals surface area contributed by atoms with Crippen LogP contribution in [0.3, 0.4) is 0 Å². The Bertz CT molecular complexity index is 419. The van der Waals surface area contributed by atoms with Gasteiger partial charge in [-0.25, -0.2) is 0 Å². The zero-order valence-corrected chi connectivity index (χ0v) is 11.7. The summed E-state index contributed by atoms with van der Waals surface area (Å²) in [5, 5.41) is 0. The first-order valence-electron chi connectivity index (χ1n) is 6.92. The lowest BCUT2D eigenvalue weighted by molar-refractivity contribution is -0.347. The highest BCUT2D eigenvalue weighted by molar-refractivity contribution is 5.20. The van der Waals surface area contributed by atoms with E-state index in [1.807, 2.05) is 30.3 Å². The second-order valence-electron chi connectivity index (χ2n) is 5.47. The fourth-order valence-electron chi connectivity index (χ4n) is 2.87. The van der Waals surface area contributed by atoms with Gasteiger partial charge in [0.25, 0.3) is 0 Å². The molecule has 0 unspecified atom stereocenters. The third-order valence-electron chi connectivity index (χ3n) is 3.74. The summed E-state index contributed by atoms with van der Waals surface area (Å²) in [6.45, 7) is 4.76. The number of rotatable bonds is 3. The van der Waals surface area contributed by atoms with Gasteiger partial charge < -0.3 is 0 Å². The number of halogens is 3. The number of nitrogens with zero attached hydrogens (tertiary/aromatic N) is 1. The molecule has 0 amide bonds. The maximum absolute atomic E-state index is 12.4. The Labute approximate surface area is 117 Å². The molecule has 0 spiro atoms. The van der Waals surface area contributed by atoms with Crippen molar-refractivity contribution in [2.24, 2.45) is 0 Å². The molecule has 1 aromatic carbocycles. The minimum Gasteiger partial charge on any atom is -0.294 e. The quantitative estimate of drug-likeness (QED) is 0.828. The molecule has 112 valence electrons. The third-order valence-corrected chi connectivity index (χ3v) is 3.74. The normalized spacial score (nSPS) is 25.1. The van der Waals surface area contributed by atoms with Crippen LogP contribution >= 0.6 is 0 Å². The van der Waals surface area contributed by atoms with E-state index in [1.54, 1.807) is 0 Å². The van der Waals surface area contributed by atoms with Crippen molar-refractivity contribution in [2.75, 3.05) is 6.54 Å². The summed E-state index contributed by atoms with van der Waals surface area (Å²) < 4.78 is 41.4. The highest BCUT2D eigenvalue weighted by Gasteiger charge is 2.38. The van der Waals surface area contributed by atoms with E-state index in [2.05, 4.69) is 23.5 Å². The molecule has 1 heterocycles. The number of ether oxygens (including phenoxy) is 1. The first kappa shape index (κ1) is 15.3. The third kappa shape index (κ3) is 3.96. The van der Waals surface area contributed by atoms with Crippen molar-refractivity contribution < 1.29 is 17.9 Å². The van der Waals surface area contributed by atoms with E-state index in [1.165, 1.54) is 0 Å². The zero-order chi connectivity index (χ0) is 14.8. The zero-order valence-electron chi connectivity index (χ0n) is 11.7. The van der Waals surface area contributed by atoms with Crippen LogP contribution in [0.2, 0.25) is 0 Å². The molecule has 0 aromatic heterocycles. The van der Waals surface area contributed by atoms with Gasteiger partial charge >= 0.3 is 6.36 Å². The van der Waals surface area contributed by atoms with Crippen LogP contribution in [-0.2, 0) is 4.74 Å². The molecule has 0 radical (unpaired) electrons. The number of piperidine rings is 1. The van der Waals surface area contributed by atoms with Gasteiger partial charge in [0, 0.05) is 18.6 Å². The Hall–Kier alpha value is -1.07. The van der Waals surface area contributed by atoms with Crippen LogP contribution in [0.15, 0.2) is 30.3 Å². The van der Waals surface area contributed by atoms with Gasteiger partial charge in [0.1, 0.15) is 0 Å². The molecule has 2 nitrogen and oxygen atoms in total. The molecular weight excluding hydrogens is 267 g/mol. The Balaban J connectivity index is 2.14. The van der Waals surface area contributed by atoms with Gasteiger partial charge in [0.2, 0.25) is 0 Å². The van der Waals surface area contributed by atoms with Crippen molar-refractivity contribution in [3.63, 3.8) is 0 Å². The number of benzene rings is 1. The fraction of sp³-hybridized carbons (Fsp3) is 0.600. The van der Waals surface area contributed by atoms with Crippen molar-refractivity contribution in [2.45, 2.75) is 51.2 Å². The Morgan fingerprint density at radius 2 is 1.85 bits per heavy atom. The minimum absolute atomic E-state index is 0.0164.